The minimum Gasteiger partial charge on any atom is -0.465 e. The third kappa shape index (κ3) is 2.90. The van der Waals surface area contributed by atoms with E-state index in [2.05, 4.69) is 0 Å². The summed E-state index contributed by atoms with van der Waals surface area (Å²) in [6.45, 7) is 2.16. The Kier molecular flexibility index (Phi) is 4.11. The van der Waals surface area contributed by atoms with E-state index in [1.54, 1.807) is 24.0 Å². The zero-order valence-electron chi connectivity index (χ0n) is 10.5. The number of esters is 1. The van der Waals surface area contributed by atoms with Crippen LogP contribution in [-0.4, -0.2) is 41.6 Å². The van der Waals surface area contributed by atoms with Crippen molar-refractivity contribution >= 4 is 34.9 Å². The third-order valence-electron chi connectivity index (χ3n) is 2.68. The molecule has 0 bridgehead atoms. The van der Waals surface area contributed by atoms with Crippen molar-refractivity contribution in [3.05, 3.63) is 30.3 Å². The lowest BCUT2D eigenvalue weighted by Crippen LogP contribution is -2.36. The lowest BCUT2D eigenvalue weighted by molar-refractivity contribution is -0.143. The summed E-state index contributed by atoms with van der Waals surface area (Å²) in [5, 5.41) is 0.337. The van der Waals surface area contributed by atoms with Gasteiger partial charge < -0.3 is 9.64 Å². The Balaban J connectivity index is 2.11. The van der Waals surface area contributed by atoms with E-state index < -0.39 is 0 Å². The van der Waals surface area contributed by atoms with Crippen molar-refractivity contribution in [1.82, 2.24) is 4.90 Å². The van der Waals surface area contributed by atoms with E-state index in [4.69, 9.17) is 17.0 Å². The number of carbonyl (C=O) groups is 2. The van der Waals surface area contributed by atoms with Crippen LogP contribution in [0.1, 0.15) is 6.92 Å². The van der Waals surface area contributed by atoms with Gasteiger partial charge in [0.15, 0.2) is 5.11 Å². The van der Waals surface area contributed by atoms with Gasteiger partial charge in [0.05, 0.1) is 12.3 Å². The van der Waals surface area contributed by atoms with E-state index >= 15 is 0 Å². The maximum atomic E-state index is 12.0. The number of ether oxygens (including phenoxy) is 1. The van der Waals surface area contributed by atoms with E-state index in [1.165, 1.54) is 4.90 Å². The first-order valence-corrected chi connectivity index (χ1v) is 6.37. The zero-order chi connectivity index (χ0) is 13.8. The first kappa shape index (κ1) is 13.5. The lowest BCUT2D eigenvalue weighted by atomic mass is 10.3. The summed E-state index contributed by atoms with van der Waals surface area (Å²) in [7, 11) is 0. The number of benzene rings is 1. The molecule has 0 atom stereocenters. The van der Waals surface area contributed by atoms with E-state index in [-0.39, 0.29) is 25.0 Å². The van der Waals surface area contributed by atoms with Crippen molar-refractivity contribution in [2.24, 2.45) is 0 Å². The molecule has 19 heavy (non-hydrogen) atoms. The summed E-state index contributed by atoms with van der Waals surface area (Å²) >= 11 is 5.25. The molecule has 1 aromatic carbocycles. The minimum absolute atomic E-state index is 0.00173. The van der Waals surface area contributed by atoms with Gasteiger partial charge in [-0.1, -0.05) is 18.2 Å². The topological polar surface area (TPSA) is 49.9 Å². The fourth-order valence-electron chi connectivity index (χ4n) is 1.87. The van der Waals surface area contributed by atoms with E-state index in [0.717, 1.165) is 0 Å². The summed E-state index contributed by atoms with van der Waals surface area (Å²) in [6, 6.07) is 9.14. The van der Waals surface area contributed by atoms with Crippen LogP contribution in [0.3, 0.4) is 0 Å². The van der Waals surface area contributed by atoms with Crippen molar-refractivity contribution in [3.63, 3.8) is 0 Å². The van der Waals surface area contributed by atoms with Crippen LogP contribution in [0.4, 0.5) is 5.69 Å². The third-order valence-corrected chi connectivity index (χ3v) is 3.12. The highest BCUT2D eigenvalue weighted by molar-refractivity contribution is 7.80. The number of hydrogen-bond donors (Lipinski definition) is 0. The lowest BCUT2D eigenvalue weighted by Gasteiger charge is -2.19. The van der Waals surface area contributed by atoms with Crippen molar-refractivity contribution < 1.29 is 14.3 Å². The fourth-order valence-corrected chi connectivity index (χ4v) is 2.20. The highest BCUT2D eigenvalue weighted by Gasteiger charge is 2.34. The van der Waals surface area contributed by atoms with Gasteiger partial charge in [-0.3, -0.25) is 14.5 Å². The number of nitrogens with zero attached hydrogens (tertiary/aromatic N) is 2. The first-order valence-electron chi connectivity index (χ1n) is 5.96. The second-order valence-corrected chi connectivity index (χ2v) is 4.37. The first-order chi connectivity index (χ1) is 9.13. The number of thiocarbonyl (C=S) groups is 1. The quantitative estimate of drug-likeness (QED) is 0.611. The maximum Gasteiger partial charge on any atom is 0.325 e. The van der Waals surface area contributed by atoms with Gasteiger partial charge in [0.1, 0.15) is 13.1 Å². The number of amides is 1. The average Bonchev–Trinajstić information content (AvgIpc) is 2.66. The van der Waals surface area contributed by atoms with Crippen molar-refractivity contribution in [1.29, 1.82) is 0 Å². The molecule has 0 spiro atoms. The molecule has 0 unspecified atom stereocenters. The van der Waals surface area contributed by atoms with Crippen LogP contribution in [-0.2, 0) is 14.3 Å². The number of carbonyl (C=O) groups excluding carboxylic acids is 2. The fraction of sp³-hybridized carbons (Fsp3) is 0.308. The van der Waals surface area contributed by atoms with Crippen LogP contribution in [0.25, 0.3) is 0 Å². The number of anilines is 1. The van der Waals surface area contributed by atoms with Gasteiger partial charge >= 0.3 is 5.97 Å². The van der Waals surface area contributed by atoms with Crippen LogP contribution in [0.5, 0.6) is 0 Å². The molecule has 1 fully saturated rings. The molecule has 1 heterocycles. The zero-order valence-corrected chi connectivity index (χ0v) is 11.4. The molecule has 0 aliphatic carbocycles. The smallest absolute Gasteiger partial charge is 0.325 e. The highest BCUT2D eigenvalue weighted by Crippen LogP contribution is 2.20. The van der Waals surface area contributed by atoms with Crippen molar-refractivity contribution in [2.45, 2.75) is 6.92 Å². The second kappa shape index (κ2) is 5.79. The van der Waals surface area contributed by atoms with Crippen LogP contribution in [0.2, 0.25) is 0 Å². The average molecular weight is 278 g/mol. The van der Waals surface area contributed by atoms with E-state index in [1.807, 2.05) is 18.2 Å². The highest BCUT2D eigenvalue weighted by atomic mass is 32.1. The van der Waals surface area contributed by atoms with Crippen LogP contribution in [0.15, 0.2) is 30.3 Å². The summed E-state index contributed by atoms with van der Waals surface area (Å²) in [5.41, 5.74) is 0.712. The van der Waals surface area contributed by atoms with Crippen LogP contribution >= 0.6 is 12.2 Å². The summed E-state index contributed by atoms with van der Waals surface area (Å²) < 4.78 is 4.86. The van der Waals surface area contributed by atoms with Crippen molar-refractivity contribution in [2.75, 3.05) is 24.6 Å². The second-order valence-electron chi connectivity index (χ2n) is 4.01. The van der Waals surface area contributed by atoms with Gasteiger partial charge in [-0.05, 0) is 31.3 Å². The molecule has 0 N–H and O–H groups in total. The summed E-state index contributed by atoms with van der Waals surface area (Å²) in [4.78, 5) is 26.4. The molecule has 6 heteroatoms. The van der Waals surface area contributed by atoms with Crippen LogP contribution < -0.4 is 4.90 Å². The van der Waals surface area contributed by atoms with E-state index in [9.17, 15) is 9.59 Å². The Morgan fingerprint density at radius 2 is 2.05 bits per heavy atom. The molecule has 0 radical (unpaired) electrons. The monoisotopic (exact) mass is 278 g/mol. The molecule has 5 nitrogen and oxygen atoms in total. The van der Waals surface area contributed by atoms with Gasteiger partial charge in [-0.25, -0.2) is 0 Å². The Labute approximate surface area is 116 Å². The molecule has 1 aliphatic rings. The van der Waals surface area contributed by atoms with Gasteiger partial charge in [0, 0.05) is 0 Å². The number of rotatable bonds is 4. The predicted octanol–water partition coefficient (Wildman–Crippen LogP) is 1.18. The Morgan fingerprint density at radius 3 is 2.68 bits per heavy atom. The Hall–Kier alpha value is -1.95. The summed E-state index contributed by atoms with van der Waals surface area (Å²) in [6.07, 6.45) is 0. The Bertz CT molecular complexity index is 504. The molecule has 1 amide bonds. The largest absolute Gasteiger partial charge is 0.465 e. The molecule has 1 aliphatic heterocycles. The van der Waals surface area contributed by atoms with Gasteiger partial charge in [-0.15, -0.1) is 0 Å². The predicted molar refractivity (Wildman–Crippen MR) is 74.7 cm³/mol. The van der Waals surface area contributed by atoms with Gasteiger partial charge in [-0.2, -0.15) is 0 Å². The Morgan fingerprint density at radius 1 is 1.37 bits per heavy atom. The normalized spacial score (nSPS) is 15.0. The molecular formula is C13H14N2O3S. The summed E-state index contributed by atoms with van der Waals surface area (Å²) in [5.74, 6) is -0.520. The molecule has 100 valence electrons. The van der Waals surface area contributed by atoms with E-state index in [0.29, 0.717) is 17.4 Å². The molecule has 0 aromatic heterocycles. The molecule has 0 saturated carbocycles. The SMILES string of the molecule is CCOC(=O)CN1CC(=O)N(c2ccccc2)C1=S. The standard InChI is InChI=1S/C13H14N2O3S/c1-2-18-12(17)9-14-8-11(16)15(13(14)19)10-6-4-3-5-7-10/h3-7H,2,8-9H2,1H3. The van der Waals surface area contributed by atoms with Crippen LogP contribution in [0, 0.1) is 0 Å². The number of para-hydroxylation sites is 1. The van der Waals surface area contributed by atoms with Crippen molar-refractivity contribution in [3.8, 4) is 0 Å². The minimum atomic E-state index is -0.382. The maximum absolute atomic E-state index is 12.0. The molecule has 2 rings (SSSR count). The number of hydrogen-bond acceptors (Lipinski definition) is 4. The van der Waals surface area contributed by atoms with Gasteiger partial charge in [0.2, 0.25) is 0 Å². The molecular weight excluding hydrogens is 264 g/mol. The molecule has 1 aromatic rings. The molecule has 1 saturated heterocycles. The van der Waals surface area contributed by atoms with Gasteiger partial charge in [0.25, 0.3) is 5.91 Å².